The maximum Gasteiger partial charge on any atom is 0.320 e. The van der Waals surface area contributed by atoms with Crippen LogP contribution in [0.15, 0.2) is 24.3 Å². The first-order chi connectivity index (χ1) is 6.09. The van der Waals surface area contributed by atoms with Crippen LogP contribution in [0.3, 0.4) is 0 Å². The second-order valence-electron chi connectivity index (χ2n) is 2.82. The Bertz CT molecular complexity index is 296. The number of carboxylic acid groups (broad SMARTS) is 1. The SMILES string of the molecule is N[C@@H](Cc1ccc(O)cc1)C(=O)O.[O]. The molecule has 0 aliphatic rings. The number of carboxylic acids is 1. The highest BCUT2D eigenvalue weighted by Gasteiger charge is 2.11. The average molecular weight is 197 g/mol. The molecule has 0 bridgehead atoms. The lowest BCUT2D eigenvalue weighted by molar-refractivity contribution is -0.138. The summed E-state index contributed by atoms with van der Waals surface area (Å²) in [7, 11) is 0. The second-order valence-corrected chi connectivity index (χ2v) is 2.82. The minimum absolute atomic E-state index is 0. The Morgan fingerprint density at radius 2 is 1.86 bits per heavy atom. The van der Waals surface area contributed by atoms with Gasteiger partial charge in [-0.15, -0.1) is 0 Å². The maximum atomic E-state index is 10.4. The van der Waals surface area contributed by atoms with Crippen LogP contribution in [-0.2, 0) is 16.7 Å². The number of nitrogens with two attached hydrogens (primary N) is 1. The van der Waals surface area contributed by atoms with Gasteiger partial charge in [-0.05, 0) is 24.1 Å². The lowest BCUT2D eigenvalue weighted by Crippen LogP contribution is -2.32. The highest BCUT2D eigenvalue weighted by atomic mass is 16.4. The topological polar surface area (TPSA) is 112 Å². The van der Waals surface area contributed by atoms with Gasteiger partial charge >= 0.3 is 5.97 Å². The molecule has 1 atom stereocenters. The van der Waals surface area contributed by atoms with Gasteiger partial charge in [0.1, 0.15) is 11.8 Å². The van der Waals surface area contributed by atoms with E-state index in [1.165, 1.54) is 12.1 Å². The molecule has 4 N–H and O–H groups in total. The highest BCUT2D eigenvalue weighted by Crippen LogP contribution is 2.10. The van der Waals surface area contributed by atoms with E-state index in [0.717, 1.165) is 5.56 Å². The molecule has 0 amide bonds. The first kappa shape index (κ1) is 12.4. The minimum Gasteiger partial charge on any atom is -0.508 e. The van der Waals surface area contributed by atoms with Crippen molar-refractivity contribution >= 4 is 5.97 Å². The molecule has 0 fully saturated rings. The van der Waals surface area contributed by atoms with Crippen LogP contribution in [-0.4, -0.2) is 22.2 Å². The van der Waals surface area contributed by atoms with Crippen LogP contribution >= 0.6 is 0 Å². The molecule has 0 aliphatic carbocycles. The second kappa shape index (κ2) is 5.21. The summed E-state index contributed by atoms with van der Waals surface area (Å²) >= 11 is 0. The number of aliphatic carboxylic acids is 1. The number of phenols is 1. The van der Waals surface area contributed by atoms with Crippen LogP contribution in [0.4, 0.5) is 0 Å². The van der Waals surface area contributed by atoms with Gasteiger partial charge in [-0.2, -0.15) is 0 Å². The molecule has 0 heterocycles. The number of benzene rings is 1. The van der Waals surface area contributed by atoms with Gasteiger partial charge in [0, 0.05) is 5.48 Å². The van der Waals surface area contributed by atoms with Gasteiger partial charge in [-0.1, -0.05) is 12.1 Å². The van der Waals surface area contributed by atoms with E-state index in [4.69, 9.17) is 15.9 Å². The Kier molecular flexibility index (Phi) is 4.62. The normalized spacial score (nSPS) is 11.5. The predicted octanol–water partition coefficient (Wildman–Crippen LogP) is 0.228. The summed E-state index contributed by atoms with van der Waals surface area (Å²) in [6.07, 6.45) is 0.273. The molecule has 0 spiro atoms. The van der Waals surface area contributed by atoms with Crippen molar-refractivity contribution in [2.45, 2.75) is 12.5 Å². The van der Waals surface area contributed by atoms with Crippen LogP contribution < -0.4 is 5.73 Å². The molecule has 2 radical (unpaired) electrons. The molecular formula is C9H11NO4. The number of hydrogen-bond donors (Lipinski definition) is 3. The fraction of sp³-hybridized carbons (Fsp3) is 0.222. The zero-order chi connectivity index (χ0) is 9.84. The molecule has 1 aromatic rings. The van der Waals surface area contributed by atoms with E-state index in [1.807, 2.05) is 0 Å². The van der Waals surface area contributed by atoms with Gasteiger partial charge in [0.2, 0.25) is 0 Å². The molecule has 0 unspecified atom stereocenters. The van der Waals surface area contributed by atoms with Crippen molar-refractivity contribution in [3.05, 3.63) is 29.8 Å². The van der Waals surface area contributed by atoms with Crippen molar-refractivity contribution in [2.75, 3.05) is 0 Å². The predicted molar refractivity (Wildman–Crippen MR) is 48.1 cm³/mol. The molecule has 14 heavy (non-hydrogen) atoms. The fourth-order valence-electron chi connectivity index (χ4n) is 0.973. The van der Waals surface area contributed by atoms with Crippen LogP contribution in [0.1, 0.15) is 5.56 Å². The number of aromatic hydroxyl groups is 1. The standard InChI is InChI=1S/C9H11NO3.O/c10-8(9(12)13)5-6-1-3-7(11)4-2-6;/h1-4,8,11H,5,10H2,(H,12,13);/t8-;/m0./s1. The van der Waals surface area contributed by atoms with Crippen molar-refractivity contribution < 1.29 is 20.5 Å². The summed E-state index contributed by atoms with van der Waals surface area (Å²) in [5, 5.41) is 17.5. The largest absolute Gasteiger partial charge is 0.508 e. The maximum absolute atomic E-state index is 10.4. The van der Waals surface area contributed by atoms with Crippen LogP contribution in [0, 0.1) is 0 Å². The first-order valence-electron chi connectivity index (χ1n) is 3.86. The Hall–Kier alpha value is -1.59. The van der Waals surface area contributed by atoms with Gasteiger partial charge < -0.3 is 15.9 Å². The first-order valence-corrected chi connectivity index (χ1v) is 3.86. The molecule has 76 valence electrons. The number of phenolic OH excluding ortho intramolecular Hbond substituents is 1. The lowest BCUT2D eigenvalue weighted by atomic mass is 10.1. The summed E-state index contributed by atoms with van der Waals surface area (Å²) in [6, 6.07) is 5.42. The van der Waals surface area contributed by atoms with Crippen molar-refractivity contribution in [1.29, 1.82) is 0 Å². The van der Waals surface area contributed by atoms with Crippen molar-refractivity contribution in [1.82, 2.24) is 0 Å². The average Bonchev–Trinajstić information content (AvgIpc) is 2.08. The van der Waals surface area contributed by atoms with E-state index < -0.39 is 12.0 Å². The summed E-state index contributed by atoms with van der Waals surface area (Å²) in [6.45, 7) is 0. The zero-order valence-corrected chi connectivity index (χ0v) is 7.38. The van der Waals surface area contributed by atoms with Crippen LogP contribution in [0.2, 0.25) is 0 Å². The Balaban J connectivity index is 0.00000169. The van der Waals surface area contributed by atoms with E-state index in [-0.39, 0.29) is 17.6 Å². The van der Waals surface area contributed by atoms with E-state index in [9.17, 15) is 4.79 Å². The molecule has 5 nitrogen and oxygen atoms in total. The van der Waals surface area contributed by atoms with Gasteiger partial charge in [0.05, 0.1) is 0 Å². The summed E-state index contributed by atoms with van der Waals surface area (Å²) in [5.74, 6) is -0.860. The summed E-state index contributed by atoms with van der Waals surface area (Å²) < 4.78 is 0. The minimum atomic E-state index is -1.02. The molecule has 0 saturated heterocycles. The summed E-state index contributed by atoms with van der Waals surface area (Å²) in [5.41, 5.74) is 6.12. The number of carbonyl (C=O) groups is 1. The quantitative estimate of drug-likeness (QED) is 0.643. The van der Waals surface area contributed by atoms with Crippen LogP contribution in [0.25, 0.3) is 0 Å². The van der Waals surface area contributed by atoms with Crippen molar-refractivity contribution in [2.24, 2.45) is 5.73 Å². The fourth-order valence-corrected chi connectivity index (χ4v) is 0.973. The molecule has 1 rings (SSSR count). The third-order valence-electron chi connectivity index (χ3n) is 1.71. The Morgan fingerprint density at radius 1 is 1.36 bits per heavy atom. The van der Waals surface area contributed by atoms with Gasteiger partial charge in [-0.25, -0.2) is 0 Å². The van der Waals surface area contributed by atoms with Gasteiger partial charge in [-0.3, -0.25) is 4.79 Å². The summed E-state index contributed by atoms with van der Waals surface area (Å²) in [4.78, 5) is 10.4. The van der Waals surface area contributed by atoms with Crippen molar-refractivity contribution in [3.63, 3.8) is 0 Å². The number of hydrogen-bond acceptors (Lipinski definition) is 3. The molecule has 0 aliphatic heterocycles. The monoisotopic (exact) mass is 197 g/mol. The van der Waals surface area contributed by atoms with E-state index >= 15 is 0 Å². The molecule has 5 heteroatoms. The molecule has 1 aromatic carbocycles. The number of rotatable bonds is 3. The van der Waals surface area contributed by atoms with E-state index in [0.29, 0.717) is 0 Å². The zero-order valence-electron chi connectivity index (χ0n) is 7.38. The molecule has 0 saturated carbocycles. The molecular weight excluding hydrogens is 186 g/mol. The Labute approximate surface area is 81.1 Å². The van der Waals surface area contributed by atoms with E-state index in [1.54, 1.807) is 12.1 Å². The molecule has 0 aromatic heterocycles. The third-order valence-corrected chi connectivity index (χ3v) is 1.71. The van der Waals surface area contributed by atoms with Gasteiger partial charge in [0.25, 0.3) is 0 Å². The smallest absolute Gasteiger partial charge is 0.320 e. The third kappa shape index (κ3) is 3.42. The lowest BCUT2D eigenvalue weighted by Gasteiger charge is -2.05. The van der Waals surface area contributed by atoms with Crippen LogP contribution in [0.5, 0.6) is 5.75 Å². The van der Waals surface area contributed by atoms with Gasteiger partial charge in [0.15, 0.2) is 0 Å². The highest BCUT2D eigenvalue weighted by molar-refractivity contribution is 5.73. The van der Waals surface area contributed by atoms with E-state index in [2.05, 4.69) is 0 Å². The van der Waals surface area contributed by atoms with Crippen molar-refractivity contribution in [3.8, 4) is 5.75 Å². The Morgan fingerprint density at radius 3 is 2.29 bits per heavy atom.